The predicted octanol–water partition coefficient (Wildman–Crippen LogP) is 4.22. The molecule has 0 N–H and O–H groups in total. The van der Waals surface area contributed by atoms with Crippen LogP contribution in [-0.2, 0) is 17.5 Å². The summed E-state index contributed by atoms with van der Waals surface area (Å²) in [6.45, 7) is 4.68. The molecule has 152 valence electrons. The maximum Gasteiger partial charge on any atom is 0.416 e. The molecular weight excluding hydrogens is 381 g/mol. The zero-order valence-electron chi connectivity index (χ0n) is 15.8. The fraction of sp³-hybridized carbons (Fsp3) is 0.318. The van der Waals surface area contributed by atoms with E-state index in [1.54, 1.807) is 6.20 Å². The lowest BCUT2D eigenvalue weighted by atomic mass is 10.0. The van der Waals surface area contributed by atoms with Crippen molar-refractivity contribution in [2.24, 2.45) is 0 Å². The highest BCUT2D eigenvalue weighted by Gasteiger charge is 2.31. The molecule has 0 unspecified atom stereocenters. The lowest BCUT2D eigenvalue weighted by Gasteiger charge is -2.26. The maximum absolute atomic E-state index is 13.1. The highest BCUT2D eigenvalue weighted by atomic mass is 19.4. The minimum Gasteiger partial charge on any atom is -0.379 e. The molecule has 0 spiro atoms. The van der Waals surface area contributed by atoms with Gasteiger partial charge in [0.05, 0.1) is 18.8 Å². The first-order valence-corrected chi connectivity index (χ1v) is 9.53. The van der Waals surface area contributed by atoms with Gasteiger partial charge in [-0.2, -0.15) is 13.2 Å². The van der Waals surface area contributed by atoms with Gasteiger partial charge in [-0.05, 0) is 18.2 Å². The molecule has 0 amide bonds. The number of halogens is 3. The summed E-state index contributed by atoms with van der Waals surface area (Å²) in [4.78, 5) is 15.3. The van der Waals surface area contributed by atoms with E-state index >= 15 is 0 Å². The van der Waals surface area contributed by atoms with Crippen molar-refractivity contribution in [3.05, 3.63) is 71.4 Å². The van der Waals surface area contributed by atoms with Crippen LogP contribution in [0.3, 0.4) is 0 Å². The van der Waals surface area contributed by atoms with Crippen LogP contribution in [0.15, 0.2) is 54.7 Å². The summed E-state index contributed by atoms with van der Waals surface area (Å²) in [5.41, 5.74) is 0.535. The summed E-state index contributed by atoms with van der Waals surface area (Å²) >= 11 is 0. The number of aromatic nitrogens is 1. The predicted molar refractivity (Wildman–Crippen MR) is 104 cm³/mol. The van der Waals surface area contributed by atoms with Crippen LogP contribution in [0, 0.1) is 0 Å². The molecule has 0 saturated carbocycles. The minimum absolute atomic E-state index is 0.0379. The van der Waals surface area contributed by atoms with Crippen molar-refractivity contribution < 1.29 is 22.7 Å². The number of ketones is 1. The Balaban J connectivity index is 1.64. The van der Waals surface area contributed by atoms with Gasteiger partial charge in [-0.1, -0.05) is 30.3 Å². The molecular formula is C22H21F3N2O2. The number of morpholine rings is 1. The molecule has 1 saturated heterocycles. The summed E-state index contributed by atoms with van der Waals surface area (Å²) in [7, 11) is 0. The SMILES string of the molecule is O=C(c1cccc(C(F)(F)F)c1)c1cn(CCN2CCOCC2)c2ccccc12. The highest BCUT2D eigenvalue weighted by molar-refractivity contribution is 6.16. The molecule has 0 radical (unpaired) electrons. The minimum atomic E-state index is -4.48. The number of hydrogen-bond acceptors (Lipinski definition) is 3. The summed E-state index contributed by atoms with van der Waals surface area (Å²) in [5.74, 6) is -0.405. The summed E-state index contributed by atoms with van der Waals surface area (Å²) in [6.07, 6.45) is -2.73. The van der Waals surface area contributed by atoms with Crippen molar-refractivity contribution in [2.75, 3.05) is 32.8 Å². The van der Waals surface area contributed by atoms with Gasteiger partial charge in [0.25, 0.3) is 0 Å². The molecule has 1 fully saturated rings. The first kappa shape index (κ1) is 19.7. The Morgan fingerprint density at radius 2 is 1.76 bits per heavy atom. The third kappa shape index (κ3) is 4.21. The van der Waals surface area contributed by atoms with Gasteiger partial charge < -0.3 is 9.30 Å². The van der Waals surface area contributed by atoms with E-state index in [0.717, 1.165) is 42.7 Å². The van der Waals surface area contributed by atoms with Crippen LogP contribution in [0.25, 0.3) is 10.9 Å². The summed E-state index contributed by atoms with van der Waals surface area (Å²) in [5, 5.41) is 0.747. The second kappa shape index (κ2) is 8.00. The highest BCUT2D eigenvalue weighted by Crippen LogP contribution is 2.31. The first-order chi connectivity index (χ1) is 13.9. The van der Waals surface area contributed by atoms with Gasteiger partial charge in [0, 0.05) is 54.4 Å². The van der Waals surface area contributed by atoms with Crippen LogP contribution >= 0.6 is 0 Å². The Hall–Kier alpha value is -2.64. The number of carbonyl (C=O) groups is 1. The summed E-state index contributed by atoms with van der Waals surface area (Å²) < 4.78 is 46.5. The Morgan fingerprint density at radius 1 is 1.00 bits per heavy atom. The van der Waals surface area contributed by atoms with E-state index < -0.39 is 17.5 Å². The third-order valence-corrected chi connectivity index (χ3v) is 5.25. The Kier molecular flexibility index (Phi) is 5.43. The van der Waals surface area contributed by atoms with Crippen LogP contribution in [0.2, 0.25) is 0 Å². The van der Waals surface area contributed by atoms with E-state index in [-0.39, 0.29) is 5.56 Å². The molecule has 4 nitrogen and oxygen atoms in total. The molecule has 3 aromatic rings. The molecule has 0 bridgehead atoms. The second-order valence-electron chi connectivity index (χ2n) is 7.12. The van der Waals surface area contributed by atoms with Gasteiger partial charge in [-0.15, -0.1) is 0 Å². The fourth-order valence-corrected chi connectivity index (χ4v) is 3.68. The zero-order chi connectivity index (χ0) is 20.4. The Morgan fingerprint density at radius 3 is 2.52 bits per heavy atom. The molecule has 2 aromatic carbocycles. The standard InChI is InChI=1S/C22H21F3N2O2/c23-22(24,25)17-5-3-4-16(14-17)21(28)19-15-27(20-7-2-1-6-18(19)20)9-8-26-10-12-29-13-11-26/h1-7,14-15H,8-13H2. The Bertz CT molecular complexity index is 1020. The Labute approximate surface area is 166 Å². The average Bonchev–Trinajstić information content (AvgIpc) is 3.11. The quantitative estimate of drug-likeness (QED) is 0.600. The van der Waals surface area contributed by atoms with E-state index in [2.05, 4.69) is 4.90 Å². The van der Waals surface area contributed by atoms with Crippen molar-refractivity contribution in [1.82, 2.24) is 9.47 Å². The van der Waals surface area contributed by atoms with E-state index in [0.29, 0.717) is 25.3 Å². The van der Waals surface area contributed by atoms with Crippen LogP contribution in [0.4, 0.5) is 13.2 Å². The molecule has 1 aromatic heterocycles. The number of alkyl halides is 3. The normalized spacial score (nSPS) is 15.7. The number of para-hydroxylation sites is 1. The van der Waals surface area contributed by atoms with Crippen molar-refractivity contribution in [3.63, 3.8) is 0 Å². The number of rotatable bonds is 5. The van der Waals surface area contributed by atoms with Gasteiger partial charge >= 0.3 is 6.18 Å². The second-order valence-corrected chi connectivity index (χ2v) is 7.12. The van der Waals surface area contributed by atoms with Crippen LogP contribution in [-0.4, -0.2) is 48.1 Å². The third-order valence-electron chi connectivity index (χ3n) is 5.25. The molecule has 29 heavy (non-hydrogen) atoms. The number of ether oxygens (including phenoxy) is 1. The van der Waals surface area contributed by atoms with E-state index in [1.165, 1.54) is 12.1 Å². The monoisotopic (exact) mass is 402 g/mol. The number of fused-ring (bicyclic) bond motifs is 1. The lowest BCUT2D eigenvalue weighted by Crippen LogP contribution is -2.38. The van der Waals surface area contributed by atoms with Gasteiger partial charge in [-0.3, -0.25) is 9.69 Å². The van der Waals surface area contributed by atoms with Gasteiger partial charge in [-0.25, -0.2) is 0 Å². The molecule has 1 aliphatic rings. The average molecular weight is 402 g/mol. The topological polar surface area (TPSA) is 34.5 Å². The number of benzene rings is 2. The zero-order valence-corrected chi connectivity index (χ0v) is 15.8. The number of hydrogen-bond donors (Lipinski definition) is 0. The van der Waals surface area contributed by atoms with Gasteiger partial charge in [0.1, 0.15) is 0 Å². The molecule has 0 aliphatic carbocycles. The molecule has 7 heteroatoms. The summed E-state index contributed by atoms with van der Waals surface area (Å²) in [6, 6.07) is 12.1. The van der Waals surface area contributed by atoms with E-state index in [9.17, 15) is 18.0 Å². The van der Waals surface area contributed by atoms with Crippen molar-refractivity contribution in [2.45, 2.75) is 12.7 Å². The number of carbonyl (C=O) groups excluding carboxylic acids is 1. The van der Waals surface area contributed by atoms with Gasteiger partial charge in [0.2, 0.25) is 0 Å². The van der Waals surface area contributed by atoms with E-state index in [1.807, 2.05) is 28.8 Å². The van der Waals surface area contributed by atoms with Crippen LogP contribution < -0.4 is 0 Å². The molecule has 4 rings (SSSR count). The smallest absolute Gasteiger partial charge is 0.379 e. The molecule has 1 aliphatic heterocycles. The maximum atomic E-state index is 13.1. The lowest BCUT2D eigenvalue weighted by molar-refractivity contribution is -0.137. The largest absolute Gasteiger partial charge is 0.416 e. The van der Waals surface area contributed by atoms with Gasteiger partial charge in [0.15, 0.2) is 5.78 Å². The van der Waals surface area contributed by atoms with Crippen LogP contribution in [0.1, 0.15) is 21.5 Å². The van der Waals surface area contributed by atoms with Crippen LogP contribution in [0.5, 0.6) is 0 Å². The van der Waals surface area contributed by atoms with Crippen molar-refractivity contribution in [1.29, 1.82) is 0 Å². The molecule has 2 heterocycles. The van der Waals surface area contributed by atoms with E-state index in [4.69, 9.17) is 4.74 Å². The van der Waals surface area contributed by atoms with Crippen molar-refractivity contribution >= 4 is 16.7 Å². The first-order valence-electron chi connectivity index (χ1n) is 9.53. The fourth-order valence-electron chi connectivity index (χ4n) is 3.68. The molecule has 0 atom stereocenters. The number of nitrogens with zero attached hydrogens (tertiary/aromatic N) is 2. The van der Waals surface area contributed by atoms with Crippen molar-refractivity contribution in [3.8, 4) is 0 Å².